The van der Waals surface area contributed by atoms with Crippen LogP contribution in [0.15, 0.2) is 18.5 Å². The van der Waals surface area contributed by atoms with E-state index in [0.717, 1.165) is 0 Å². The molecule has 3 heterocycles. The second-order valence-corrected chi connectivity index (χ2v) is 8.01. The summed E-state index contributed by atoms with van der Waals surface area (Å²) >= 11 is 0. The molecule has 0 amide bonds. The van der Waals surface area contributed by atoms with Crippen molar-refractivity contribution in [3.05, 3.63) is 24.2 Å². The van der Waals surface area contributed by atoms with E-state index in [0.29, 0.717) is 5.52 Å². The van der Waals surface area contributed by atoms with Crippen LogP contribution in [0.1, 0.15) is 12.6 Å². The Balaban J connectivity index is 1.82. The Labute approximate surface area is 166 Å². The number of phosphoric acid groups is 1. The molecule has 4 N–H and O–H groups in total. The lowest BCUT2D eigenvalue weighted by Crippen LogP contribution is -2.38. The van der Waals surface area contributed by atoms with Crippen LogP contribution in [0, 0.1) is 17.2 Å². The first-order valence-corrected chi connectivity index (χ1v) is 10.2. The van der Waals surface area contributed by atoms with Crippen LogP contribution in [0.3, 0.4) is 0 Å². The summed E-state index contributed by atoms with van der Waals surface area (Å²) in [6, 6.07) is 5.19. The molecule has 0 aliphatic carbocycles. The Morgan fingerprint density at radius 3 is 2.90 bits per heavy atom. The topological polar surface area (TPSA) is 174 Å². The summed E-state index contributed by atoms with van der Waals surface area (Å²) in [7, 11) is -2.92. The molecule has 3 rings (SSSR count). The molecule has 0 saturated carbocycles. The normalized spacial score (nSPS) is 29.0. The molecule has 0 aromatic carbocycles. The van der Waals surface area contributed by atoms with E-state index in [1.807, 2.05) is 6.07 Å². The average Bonchev–Trinajstić information content (AvgIpc) is 3.23. The molecule has 2 aromatic heterocycles. The Morgan fingerprint density at radius 2 is 2.21 bits per heavy atom. The van der Waals surface area contributed by atoms with Crippen LogP contribution in [0.2, 0.25) is 0 Å². The molecule has 1 saturated heterocycles. The molecule has 1 fully saturated rings. The summed E-state index contributed by atoms with van der Waals surface area (Å²) in [5.41, 5.74) is 4.76. The molecule has 13 heteroatoms. The molecule has 158 valence electrons. The number of ether oxygens (including phenoxy) is 2. The van der Waals surface area contributed by atoms with E-state index >= 15 is 0 Å². The third kappa shape index (κ3) is 3.99. The Kier molecular flexibility index (Phi) is 6.21. The Morgan fingerprint density at radius 1 is 1.45 bits per heavy atom. The van der Waals surface area contributed by atoms with Gasteiger partial charge in [0.15, 0.2) is 5.82 Å². The highest BCUT2D eigenvalue weighted by molar-refractivity contribution is 7.47. The van der Waals surface area contributed by atoms with Gasteiger partial charge in [-0.3, -0.25) is 9.05 Å². The average molecular weight is 427 g/mol. The first-order valence-electron chi connectivity index (χ1n) is 8.72. The molecular formula is C16H22N5O7P. The summed E-state index contributed by atoms with van der Waals surface area (Å²) in [6.45, 7) is 1.26. The zero-order valence-corrected chi connectivity index (χ0v) is 16.7. The van der Waals surface area contributed by atoms with Crippen LogP contribution in [0.25, 0.3) is 5.52 Å². The highest BCUT2D eigenvalue weighted by atomic mass is 31.2. The number of hydrogen-bond acceptors (Lipinski definition) is 10. The third-order valence-electron chi connectivity index (χ3n) is 4.81. The number of aliphatic hydroxyl groups excluding tert-OH is 1. The Hall–Kier alpha value is -2.10. The maximum Gasteiger partial charge on any atom is 0.472 e. The van der Waals surface area contributed by atoms with Crippen molar-refractivity contribution in [1.29, 1.82) is 5.26 Å². The third-order valence-corrected chi connectivity index (χ3v) is 5.79. The van der Waals surface area contributed by atoms with Crippen LogP contribution in [-0.4, -0.2) is 63.7 Å². The van der Waals surface area contributed by atoms with Gasteiger partial charge in [-0.25, -0.2) is 14.1 Å². The smallest absolute Gasteiger partial charge is 0.388 e. The minimum Gasteiger partial charge on any atom is -0.388 e. The number of nitrogens with two attached hydrogens (primary N) is 1. The number of hydrogen-bond donors (Lipinski definition) is 3. The second kappa shape index (κ2) is 8.33. The number of rotatable bonds is 8. The molecule has 0 bridgehead atoms. The number of nitriles is 1. The highest BCUT2D eigenvalue weighted by Gasteiger charge is 2.56. The van der Waals surface area contributed by atoms with Gasteiger partial charge >= 0.3 is 7.82 Å². The zero-order valence-electron chi connectivity index (χ0n) is 15.8. The van der Waals surface area contributed by atoms with E-state index in [-0.39, 0.29) is 31.3 Å². The number of aliphatic hydroxyl groups is 1. The lowest BCUT2D eigenvalue weighted by molar-refractivity contribution is -0.0635. The predicted molar refractivity (Wildman–Crippen MR) is 98.3 cm³/mol. The van der Waals surface area contributed by atoms with E-state index in [4.69, 9.17) is 24.3 Å². The van der Waals surface area contributed by atoms with Gasteiger partial charge in [-0.05, 0) is 12.1 Å². The van der Waals surface area contributed by atoms with Crippen molar-refractivity contribution in [3.63, 3.8) is 0 Å². The second-order valence-electron chi connectivity index (χ2n) is 6.56. The van der Waals surface area contributed by atoms with Crippen LogP contribution < -0.4 is 5.73 Å². The van der Waals surface area contributed by atoms with Gasteiger partial charge in [0.1, 0.15) is 24.0 Å². The molecule has 29 heavy (non-hydrogen) atoms. The van der Waals surface area contributed by atoms with Gasteiger partial charge in [0.2, 0.25) is 5.60 Å². The number of nitrogens with zero attached hydrogens (tertiary/aromatic N) is 4. The van der Waals surface area contributed by atoms with Crippen molar-refractivity contribution in [1.82, 2.24) is 14.6 Å². The van der Waals surface area contributed by atoms with Crippen LogP contribution in [0.5, 0.6) is 0 Å². The first-order chi connectivity index (χ1) is 13.8. The van der Waals surface area contributed by atoms with Gasteiger partial charge in [0.25, 0.3) is 0 Å². The molecule has 1 aliphatic heterocycles. The fourth-order valence-electron chi connectivity index (χ4n) is 3.21. The summed E-state index contributed by atoms with van der Waals surface area (Å²) in [4.78, 5) is 13.6. The fourth-order valence-corrected chi connectivity index (χ4v) is 3.93. The molecule has 5 atom stereocenters. The Bertz CT molecular complexity index is 963. The summed E-state index contributed by atoms with van der Waals surface area (Å²) in [6.07, 6.45) is -0.898. The number of phosphoric ester groups is 1. The number of nitrogen functional groups attached to an aromatic ring is 1. The maximum atomic E-state index is 11.9. The van der Waals surface area contributed by atoms with Crippen LogP contribution >= 0.6 is 7.82 Å². The fraction of sp³-hybridized carbons (Fsp3) is 0.562. The molecular weight excluding hydrogens is 405 g/mol. The summed E-state index contributed by atoms with van der Waals surface area (Å²) in [5.74, 6) is -0.396. The molecule has 0 spiro atoms. The number of methoxy groups -OCH3 is 1. The molecule has 1 aliphatic rings. The van der Waals surface area contributed by atoms with Crippen LogP contribution in [0.4, 0.5) is 5.82 Å². The van der Waals surface area contributed by atoms with E-state index in [9.17, 15) is 19.8 Å². The minimum absolute atomic E-state index is 0.118. The predicted octanol–water partition coefficient (Wildman–Crippen LogP) is 0.206. The number of aromatic nitrogens is 3. The van der Waals surface area contributed by atoms with Crippen LogP contribution in [-0.2, 0) is 28.7 Å². The van der Waals surface area contributed by atoms with Gasteiger partial charge in [-0.2, -0.15) is 10.4 Å². The highest BCUT2D eigenvalue weighted by Crippen LogP contribution is 2.47. The molecule has 12 nitrogen and oxygen atoms in total. The molecule has 1 unspecified atom stereocenters. The maximum absolute atomic E-state index is 11.9. The lowest BCUT2D eigenvalue weighted by Gasteiger charge is -2.24. The van der Waals surface area contributed by atoms with Gasteiger partial charge < -0.3 is 25.2 Å². The SMILES string of the molecule is COCCOP(=O)(O)OC[C@H]1O[C@@](C#N)(c2ccc3c(N)ncnn23)[C@H](O)[C@@H]1C. The molecule has 2 aromatic rings. The van der Waals surface area contributed by atoms with Crippen molar-refractivity contribution in [3.8, 4) is 6.07 Å². The number of anilines is 1. The minimum atomic E-state index is -4.34. The van der Waals surface area contributed by atoms with Gasteiger partial charge in [-0.1, -0.05) is 6.92 Å². The van der Waals surface area contributed by atoms with E-state index in [1.165, 1.54) is 18.0 Å². The summed E-state index contributed by atoms with van der Waals surface area (Å²) in [5, 5.41) is 24.8. The largest absolute Gasteiger partial charge is 0.472 e. The van der Waals surface area contributed by atoms with Crippen molar-refractivity contribution < 1.29 is 33.1 Å². The van der Waals surface area contributed by atoms with Gasteiger partial charge in [0, 0.05) is 13.0 Å². The van der Waals surface area contributed by atoms with E-state index < -0.39 is 31.5 Å². The lowest BCUT2D eigenvalue weighted by atomic mass is 9.88. The van der Waals surface area contributed by atoms with Crippen molar-refractivity contribution in [2.45, 2.75) is 24.7 Å². The zero-order chi connectivity index (χ0) is 21.2. The van der Waals surface area contributed by atoms with Crippen molar-refractivity contribution >= 4 is 19.2 Å². The summed E-state index contributed by atoms with van der Waals surface area (Å²) < 4.78 is 33.7. The van der Waals surface area contributed by atoms with Gasteiger partial charge in [-0.15, -0.1) is 0 Å². The quantitative estimate of drug-likeness (QED) is 0.388. The number of fused-ring (bicyclic) bond motifs is 1. The standard InChI is InChI=1S/C16H22N5O7P/c1-10-12(7-27-29(23,24)26-6-5-25-2)28-16(8-17,14(10)22)13-4-3-11-15(18)19-9-20-21(11)13/h3-4,9-10,12,14,22H,5-7H2,1-2H3,(H,23,24)(H2,18,19,20)/t10-,12-,14-,16+/m1/s1. The molecule has 0 radical (unpaired) electrons. The van der Waals surface area contributed by atoms with E-state index in [2.05, 4.69) is 10.1 Å². The van der Waals surface area contributed by atoms with Crippen molar-refractivity contribution in [2.24, 2.45) is 5.92 Å². The first kappa shape index (κ1) is 21.6. The van der Waals surface area contributed by atoms with Gasteiger partial charge in [0.05, 0.1) is 31.6 Å². The van der Waals surface area contributed by atoms with Crippen molar-refractivity contribution in [2.75, 3.05) is 32.7 Å². The monoisotopic (exact) mass is 427 g/mol. The van der Waals surface area contributed by atoms with E-state index in [1.54, 1.807) is 19.1 Å².